The van der Waals surface area contributed by atoms with Crippen LogP contribution in [0.5, 0.6) is 0 Å². The van der Waals surface area contributed by atoms with E-state index in [9.17, 15) is 4.79 Å². The van der Waals surface area contributed by atoms with Crippen molar-refractivity contribution in [2.75, 3.05) is 26.2 Å². The van der Waals surface area contributed by atoms with Crippen LogP contribution in [-0.4, -0.2) is 45.5 Å². The van der Waals surface area contributed by atoms with Gasteiger partial charge in [0.15, 0.2) is 5.58 Å². The predicted octanol–water partition coefficient (Wildman–Crippen LogP) is 2.42. The predicted molar refractivity (Wildman–Crippen MR) is 96.6 cm³/mol. The molecule has 2 aromatic heterocycles. The number of hydrogen-bond donors (Lipinski definition) is 0. The topological polar surface area (TPSA) is 54.5 Å². The van der Waals surface area contributed by atoms with Gasteiger partial charge in [-0.25, -0.2) is 4.79 Å². The lowest BCUT2D eigenvalue weighted by molar-refractivity contribution is 0.102. The maximum atomic E-state index is 12.1. The Labute approximate surface area is 150 Å². The molecule has 0 unspecified atom stereocenters. The molecule has 0 radical (unpaired) electrons. The number of aromatic nitrogens is 2. The summed E-state index contributed by atoms with van der Waals surface area (Å²) < 4.78 is 6.97. The van der Waals surface area contributed by atoms with Crippen LogP contribution < -0.4 is 5.76 Å². The van der Waals surface area contributed by atoms with Crippen molar-refractivity contribution in [1.82, 2.24) is 19.4 Å². The lowest BCUT2D eigenvalue weighted by Crippen LogP contribution is -2.47. The van der Waals surface area contributed by atoms with E-state index in [4.69, 9.17) is 16.0 Å². The second kappa shape index (κ2) is 7.00. The summed E-state index contributed by atoms with van der Waals surface area (Å²) in [6.07, 6.45) is 3.66. The van der Waals surface area contributed by atoms with Crippen molar-refractivity contribution in [2.24, 2.45) is 0 Å². The van der Waals surface area contributed by atoms with Gasteiger partial charge in [-0.3, -0.25) is 19.4 Å². The highest BCUT2D eigenvalue weighted by Crippen LogP contribution is 2.19. The number of rotatable bonds is 4. The van der Waals surface area contributed by atoms with Crippen molar-refractivity contribution in [3.05, 3.63) is 63.9 Å². The fraction of sp³-hybridized carbons (Fsp3) is 0.333. The Balaban J connectivity index is 1.41. The van der Waals surface area contributed by atoms with Crippen molar-refractivity contribution < 1.29 is 4.42 Å². The molecule has 7 heteroatoms. The third kappa shape index (κ3) is 3.61. The summed E-state index contributed by atoms with van der Waals surface area (Å²) in [6, 6.07) is 9.40. The molecule has 0 N–H and O–H groups in total. The van der Waals surface area contributed by atoms with Gasteiger partial charge in [0, 0.05) is 56.2 Å². The summed E-state index contributed by atoms with van der Waals surface area (Å²) in [5.74, 6) is -0.337. The van der Waals surface area contributed by atoms with Crippen molar-refractivity contribution in [1.29, 1.82) is 0 Å². The van der Waals surface area contributed by atoms with Crippen LogP contribution in [-0.2, 0) is 13.2 Å². The second-order valence-electron chi connectivity index (χ2n) is 6.30. The van der Waals surface area contributed by atoms with Gasteiger partial charge < -0.3 is 4.42 Å². The van der Waals surface area contributed by atoms with Gasteiger partial charge in [0.2, 0.25) is 0 Å². The average Bonchev–Trinajstić information content (AvgIpc) is 2.92. The molecular weight excluding hydrogens is 340 g/mol. The first kappa shape index (κ1) is 16.3. The van der Waals surface area contributed by atoms with Crippen LogP contribution in [0, 0.1) is 0 Å². The summed E-state index contributed by atoms with van der Waals surface area (Å²) in [7, 11) is 0. The molecule has 0 spiro atoms. The summed E-state index contributed by atoms with van der Waals surface area (Å²) in [5.41, 5.74) is 2.60. The van der Waals surface area contributed by atoms with Gasteiger partial charge in [0.05, 0.1) is 12.2 Å². The lowest BCUT2D eigenvalue weighted by atomic mass is 10.2. The van der Waals surface area contributed by atoms with Crippen LogP contribution in [0.15, 0.2) is 51.9 Å². The quantitative estimate of drug-likeness (QED) is 0.717. The fourth-order valence-electron chi connectivity index (χ4n) is 3.21. The summed E-state index contributed by atoms with van der Waals surface area (Å²) in [4.78, 5) is 20.9. The number of oxazole rings is 1. The van der Waals surface area contributed by atoms with Gasteiger partial charge in [0.25, 0.3) is 0 Å². The number of hydrogen-bond acceptors (Lipinski definition) is 5. The smallest absolute Gasteiger partial charge is 0.408 e. The van der Waals surface area contributed by atoms with Crippen LogP contribution in [0.3, 0.4) is 0 Å². The number of nitrogens with zero attached hydrogens (tertiary/aromatic N) is 4. The standard InChI is InChI=1S/C18H19ClN4O2/c19-15-1-2-16-17(11-15)25-18(24)23(16)13-22-9-7-21(8-10-22)12-14-3-5-20-6-4-14/h1-6,11H,7-10,12-13H2. The second-order valence-corrected chi connectivity index (χ2v) is 6.74. The SMILES string of the molecule is O=c1oc2cc(Cl)ccc2n1CN1CCN(Cc2ccncc2)CC1. The Bertz CT molecular complexity index is 914. The molecule has 0 amide bonds. The number of pyridine rings is 1. The number of benzene rings is 1. The van der Waals surface area contributed by atoms with Crippen LogP contribution in [0.4, 0.5) is 0 Å². The van der Waals surface area contributed by atoms with E-state index in [0.29, 0.717) is 17.3 Å². The van der Waals surface area contributed by atoms with Gasteiger partial charge in [0.1, 0.15) is 0 Å². The highest BCUT2D eigenvalue weighted by molar-refractivity contribution is 6.31. The highest BCUT2D eigenvalue weighted by atomic mass is 35.5. The molecule has 0 bridgehead atoms. The Kier molecular flexibility index (Phi) is 4.57. The van der Waals surface area contributed by atoms with Gasteiger partial charge in [-0.15, -0.1) is 0 Å². The van der Waals surface area contributed by atoms with E-state index in [1.807, 2.05) is 18.5 Å². The van der Waals surface area contributed by atoms with Gasteiger partial charge in [-0.2, -0.15) is 0 Å². The maximum absolute atomic E-state index is 12.1. The number of piperazine rings is 1. The largest absolute Gasteiger partial charge is 0.421 e. The molecular formula is C18H19ClN4O2. The fourth-order valence-corrected chi connectivity index (χ4v) is 3.37. The molecule has 1 aliphatic rings. The minimum atomic E-state index is -0.337. The first-order valence-electron chi connectivity index (χ1n) is 8.31. The molecule has 0 saturated carbocycles. The van der Waals surface area contributed by atoms with Crippen LogP contribution in [0.2, 0.25) is 5.02 Å². The van der Waals surface area contributed by atoms with Crippen LogP contribution >= 0.6 is 11.6 Å². The van der Waals surface area contributed by atoms with Crippen molar-refractivity contribution in [3.8, 4) is 0 Å². The molecule has 0 atom stereocenters. The zero-order chi connectivity index (χ0) is 17.2. The zero-order valence-corrected chi connectivity index (χ0v) is 14.5. The number of fused-ring (bicyclic) bond motifs is 1. The Morgan fingerprint density at radius 1 is 1.04 bits per heavy atom. The third-order valence-corrected chi connectivity index (χ3v) is 4.83. The molecule has 4 rings (SSSR count). The molecule has 6 nitrogen and oxygen atoms in total. The van der Waals surface area contributed by atoms with Crippen LogP contribution in [0.1, 0.15) is 5.56 Å². The summed E-state index contributed by atoms with van der Waals surface area (Å²) in [6.45, 7) is 5.24. The first-order valence-corrected chi connectivity index (χ1v) is 8.69. The lowest BCUT2D eigenvalue weighted by Gasteiger charge is -2.34. The molecule has 1 aromatic carbocycles. The molecule has 0 aliphatic carbocycles. The molecule has 25 heavy (non-hydrogen) atoms. The Morgan fingerprint density at radius 2 is 1.76 bits per heavy atom. The van der Waals surface area contributed by atoms with Gasteiger partial charge >= 0.3 is 5.76 Å². The third-order valence-electron chi connectivity index (χ3n) is 4.59. The highest BCUT2D eigenvalue weighted by Gasteiger charge is 2.19. The van der Waals surface area contributed by atoms with Crippen LogP contribution in [0.25, 0.3) is 11.1 Å². The molecule has 3 heterocycles. The van der Waals surface area contributed by atoms with Crippen molar-refractivity contribution in [3.63, 3.8) is 0 Å². The minimum absolute atomic E-state index is 0.337. The van der Waals surface area contributed by atoms with E-state index in [2.05, 4.69) is 26.9 Å². The summed E-state index contributed by atoms with van der Waals surface area (Å²) in [5, 5.41) is 0.568. The Morgan fingerprint density at radius 3 is 2.52 bits per heavy atom. The van der Waals surface area contributed by atoms with Crippen molar-refractivity contribution in [2.45, 2.75) is 13.2 Å². The van der Waals surface area contributed by atoms with E-state index in [-0.39, 0.29) is 5.76 Å². The van der Waals surface area contributed by atoms with Crippen molar-refractivity contribution >= 4 is 22.7 Å². The zero-order valence-electron chi connectivity index (χ0n) is 13.8. The van der Waals surface area contributed by atoms with E-state index in [1.165, 1.54) is 5.56 Å². The normalized spacial score (nSPS) is 16.5. The average molecular weight is 359 g/mol. The monoisotopic (exact) mass is 358 g/mol. The number of halogens is 1. The molecule has 1 aliphatic heterocycles. The Hall–Kier alpha value is -2.15. The molecule has 1 saturated heterocycles. The molecule has 1 fully saturated rings. The maximum Gasteiger partial charge on any atom is 0.421 e. The molecule has 130 valence electrons. The van der Waals surface area contributed by atoms with E-state index < -0.39 is 0 Å². The summed E-state index contributed by atoms with van der Waals surface area (Å²) >= 11 is 5.96. The minimum Gasteiger partial charge on any atom is -0.408 e. The van der Waals surface area contributed by atoms with Gasteiger partial charge in [-0.05, 0) is 29.8 Å². The van der Waals surface area contributed by atoms with E-state index in [1.54, 1.807) is 16.7 Å². The van der Waals surface area contributed by atoms with E-state index in [0.717, 1.165) is 38.2 Å². The van der Waals surface area contributed by atoms with Gasteiger partial charge in [-0.1, -0.05) is 11.6 Å². The first-order chi connectivity index (χ1) is 12.2. The molecule has 3 aromatic rings. The van der Waals surface area contributed by atoms with E-state index >= 15 is 0 Å².